The van der Waals surface area contributed by atoms with E-state index in [0.717, 1.165) is 63.4 Å². The van der Waals surface area contributed by atoms with Gasteiger partial charge in [0.25, 0.3) is 0 Å². The van der Waals surface area contributed by atoms with Gasteiger partial charge < -0.3 is 8.83 Å². The van der Waals surface area contributed by atoms with Gasteiger partial charge in [-0.3, -0.25) is 4.98 Å². The molecular weight excluding hydrogens is 322 g/mol. The third-order valence-electron chi connectivity index (χ3n) is 4.52. The summed E-state index contributed by atoms with van der Waals surface area (Å²) in [4.78, 5) is 4.21. The van der Waals surface area contributed by atoms with Crippen LogP contribution in [0, 0.1) is 6.92 Å². The lowest BCUT2D eigenvalue weighted by atomic mass is 10.0. The number of benzene rings is 1. The van der Waals surface area contributed by atoms with E-state index < -0.39 is 0 Å². The van der Waals surface area contributed by atoms with Crippen LogP contribution >= 0.6 is 0 Å². The maximum atomic E-state index is 6.25. The molecule has 0 unspecified atom stereocenters. The molecule has 0 aliphatic heterocycles. The molecule has 4 rings (SSSR count). The lowest BCUT2D eigenvalue weighted by molar-refractivity contribution is 0.530. The average Bonchev–Trinajstić information content (AvgIpc) is 3.22. The van der Waals surface area contributed by atoms with E-state index >= 15 is 0 Å². The minimum atomic E-state index is 0.807. The minimum absolute atomic E-state index is 0.807. The lowest BCUT2D eigenvalue weighted by Crippen LogP contribution is -1.86. The molecule has 26 heavy (non-hydrogen) atoms. The van der Waals surface area contributed by atoms with Crippen LogP contribution in [0.1, 0.15) is 24.9 Å². The number of nitrogens with zero attached hydrogens (tertiary/aromatic N) is 1. The van der Waals surface area contributed by atoms with E-state index in [4.69, 9.17) is 8.83 Å². The highest BCUT2D eigenvalue weighted by Gasteiger charge is 2.19. The predicted molar refractivity (Wildman–Crippen MR) is 105 cm³/mol. The van der Waals surface area contributed by atoms with Gasteiger partial charge >= 0.3 is 0 Å². The Kier molecular flexibility index (Phi) is 4.21. The van der Waals surface area contributed by atoms with Crippen molar-refractivity contribution < 1.29 is 8.83 Å². The Morgan fingerprint density at radius 3 is 2.65 bits per heavy atom. The number of rotatable bonds is 5. The SMILES string of the molecule is C=C(C)CCc1oc2cc(-c3cccnc3)ccc2c1-c1ccc(C)o1. The third kappa shape index (κ3) is 3.08. The first-order chi connectivity index (χ1) is 12.6. The minimum Gasteiger partial charge on any atom is -0.461 e. The van der Waals surface area contributed by atoms with Crippen LogP contribution in [0.15, 0.2) is 75.8 Å². The summed E-state index contributed by atoms with van der Waals surface area (Å²) in [6.07, 6.45) is 5.34. The molecule has 0 amide bonds. The van der Waals surface area contributed by atoms with E-state index in [9.17, 15) is 0 Å². The van der Waals surface area contributed by atoms with Crippen molar-refractivity contribution in [2.45, 2.75) is 26.7 Å². The van der Waals surface area contributed by atoms with Crippen molar-refractivity contribution in [3.63, 3.8) is 0 Å². The Balaban J connectivity index is 1.86. The van der Waals surface area contributed by atoms with Crippen molar-refractivity contribution in [3.8, 4) is 22.5 Å². The van der Waals surface area contributed by atoms with Crippen molar-refractivity contribution in [1.82, 2.24) is 4.98 Å². The molecule has 0 atom stereocenters. The molecule has 0 radical (unpaired) electrons. The summed E-state index contributed by atoms with van der Waals surface area (Å²) in [5, 5.41) is 1.07. The molecule has 3 heterocycles. The van der Waals surface area contributed by atoms with Crippen molar-refractivity contribution in [2.24, 2.45) is 0 Å². The van der Waals surface area contributed by atoms with Crippen LogP contribution in [0.5, 0.6) is 0 Å². The quantitative estimate of drug-likeness (QED) is 0.385. The first kappa shape index (κ1) is 16.4. The Hall–Kier alpha value is -3.07. The largest absolute Gasteiger partial charge is 0.461 e. The summed E-state index contributed by atoms with van der Waals surface area (Å²) < 4.78 is 12.2. The molecule has 0 saturated heterocycles. The standard InChI is InChI=1S/C23H21NO2/c1-15(2)6-10-21-23(20-11-7-16(3)25-20)19-9-8-17(13-22(19)26-21)18-5-4-12-24-14-18/h4-5,7-9,11-14H,1,6,10H2,2-3H3. The topological polar surface area (TPSA) is 39.2 Å². The molecule has 4 aromatic rings. The van der Waals surface area contributed by atoms with E-state index in [0.29, 0.717) is 0 Å². The third-order valence-corrected chi connectivity index (χ3v) is 4.52. The van der Waals surface area contributed by atoms with Gasteiger partial charge in [0.2, 0.25) is 0 Å². The lowest BCUT2D eigenvalue weighted by Gasteiger charge is -2.01. The van der Waals surface area contributed by atoms with E-state index in [1.807, 2.05) is 38.2 Å². The molecule has 0 aliphatic rings. The number of fused-ring (bicyclic) bond motifs is 1. The van der Waals surface area contributed by atoms with Crippen LogP contribution in [0.2, 0.25) is 0 Å². The highest BCUT2D eigenvalue weighted by atomic mass is 16.4. The highest BCUT2D eigenvalue weighted by molar-refractivity contribution is 5.96. The molecule has 3 heteroatoms. The first-order valence-electron chi connectivity index (χ1n) is 8.79. The van der Waals surface area contributed by atoms with Gasteiger partial charge in [-0.15, -0.1) is 6.58 Å². The first-order valence-corrected chi connectivity index (χ1v) is 8.79. The van der Waals surface area contributed by atoms with Crippen LogP contribution < -0.4 is 0 Å². The Morgan fingerprint density at radius 2 is 1.96 bits per heavy atom. The molecule has 130 valence electrons. The Morgan fingerprint density at radius 1 is 1.08 bits per heavy atom. The second kappa shape index (κ2) is 6.68. The summed E-state index contributed by atoms with van der Waals surface area (Å²) in [6, 6.07) is 14.3. The summed E-state index contributed by atoms with van der Waals surface area (Å²) in [6.45, 7) is 8.01. The molecule has 0 spiro atoms. The van der Waals surface area contributed by atoms with Gasteiger partial charge in [-0.1, -0.05) is 17.7 Å². The van der Waals surface area contributed by atoms with Crippen molar-refractivity contribution in [1.29, 1.82) is 0 Å². The number of allylic oxidation sites excluding steroid dienone is 1. The average molecular weight is 343 g/mol. The number of hydrogen-bond donors (Lipinski definition) is 0. The van der Waals surface area contributed by atoms with Gasteiger partial charge in [0.15, 0.2) is 0 Å². The zero-order valence-corrected chi connectivity index (χ0v) is 15.1. The summed E-state index contributed by atoms with van der Waals surface area (Å²) in [5.74, 6) is 2.69. The van der Waals surface area contributed by atoms with Crippen LogP contribution in [0.3, 0.4) is 0 Å². The number of hydrogen-bond acceptors (Lipinski definition) is 3. The Labute approximate surface area is 153 Å². The molecule has 3 aromatic heterocycles. The fourth-order valence-electron chi connectivity index (χ4n) is 3.20. The van der Waals surface area contributed by atoms with E-state index in [1.54, 1.807) is 6.20 Å². The van der Waals surface area contributed by atoms with Crippen LogP contribution in [0.25, 0.3) is 33.4 Å². The van der Waals surface area contributed by atoms with Crippen LogP contribution in [-0.4, -0.2) is 4.98 Å². The summed E-state index contributed by atoms with van der Waals surface area (Å²) in [7, 11) is 0. The summed E-state index contributed by atoms with van der Waals surface area (Å²) in [5.41, 5.74) is 5.22. The van der Waals surface area contributed by atoms with Crippen LogP contribution in [-0.2, 0) is 6.42 Å². The number of aromatic nitrogens is 1. The highest BCUT2D eigenvalue weighted by Crippen LogP contribution is 2.38. The molecule has 1 aromatic carbocycles. The van der Waals surface area contributed by atoms with Crippen molar-refractivity contribution in [3.05, 3.63) is 78.5 Å². The maximum absolute atomic E-state index is 6.25. The molecule has 0 saturated carbocycles. The molecule has 0 bridgehead atoms. The molecule has 0 aliphatic carbocycles. The molecule has 0 fully saturated rings. The van der Waals surface area contributed by atoms with Gasteiger partial charge in [-0.25, -0.2) is 0 Å². The predicted octanol–water partition coefficient (Wildman–Crippen LogP) is 6.57. The zero-order valence-electron chi connectivity index (χ0n) is 15.1. The second-order valence-electron chi connectivity index (χ2n) is 6.72. The Bertz CT molecular complexity index is 1070. The monoisotopic (exact) mass is 343 g/mol. The number of furan rings is 2. The van der Waals surface area contributed by atoms with Gasteiger partial charge in [0, 0.05) is 29.8 Å². The maximum Gasteiger partial charge on any atom is 0.138 e. The molecule has 3 nitrogen and oxygen atoms in total. The zero-order chi connectivity index (χ0) is 18.1. The van der Waals surface area contributed by atoms with Crippen molar-refractivity contribution >= 4 is 11.0 Å². The summed E-state index contributed by atoms with van der Waals surface area (Å²) >= 11 is 0. The smallest absolute Gasteiger partial charge is 0.138 e. The second-order valence-corrected chi connectivity index (χ2v) is 6.72. The van der Waals surface area contributed by atoms with Gasteiger partial charge in [-0.05, 0) is 56.2 Å². The van der Waals surface area contributed by atoms with E-state index in [1.165, 1.54) is 0 Å². The van der Waals surface area contributed by atoms with Crippen molar-refractivity contribution in [2.75, 3.05) is 0 Å². The van der Waals surface area contributed by atoms with Crippen LogP contribution in [0.4, 0.5) is 0 Å². The van der Waals surface area contributed by atoms with Gasteiger partial charge in [-0.2, -0.15) is 0 Å². The molecule has 0 N–H and O–H groups in total. The fourth-order valence-corrected chi connectivity index (χ4v) is 3.20. The number of pyridine rings is 1. The number of aryl methyl sites for hydroxylation is 2. The van der Waals surface area contributed by atoms with Gasteiger partial charge in [0.1, 0.15) is 22.9 Å². The van der Waals surface area contributed by atoms with Gasteiger partial charge in [0.05, 0.1) is 5.56 Å². The molecular formula is C23H21NO2. The normalized spacial score (nSPS) is 11.2. The fraction of sp³-hybridized carbons (Fsp3) is 0.174. The van der Waals surface area contributed by atoms with E-state index in [2.05, 4.69) is 35.8 Å². The van der Waals surface area contributed by atoms with E-state index in [-0.39, 0.29) is 0 Å².